The zero-order chi connectivity index (χ0) is 14.5. The van der Waals surface area contributed by atoms with Gasteiger partial charge in [-0.3, -0.25) is 4.79 Å². The van der Waals surface area contributed by atoms with E-state index in [4.69, 9.17) is 21.1 Å². The zero-order valence-corrected chi connectivity index (χ0v) is 12.4. The Balaban J connectivity index is 2.24. The summed E-state index contributed by atoms with van der Waals surface area (Å²) in [6, 6.07) is 3.16. The average molecular weight is 299 g/mol. The number of hydrogen-bond acceptors (Lipinski definition) is 4. The number of ether oxygens (including phenoxy) is 2. The third kappa shape index (κ3) is 3.28. The van der Waals surface area contributed by atoms with E-state index in [9.17, 15) is 4.79 Å². The number of rotatable bonds is 4. The summed E-state index contributed by atoms with van der Waals surface area (Å²) >= 11 is 6.07. The fraction of sp³-hybridized carbons (Fsp3) is 0.500. The molecule has 0 saturated carbocycles. The van der Waals surface area contributed by atoms with Gasteiger partial charge in [0.2, 0.25) is 5.91 Å². The lowest BCUT2D eigenvalue weighted by Gasteiger charge is -2.19. The monoisotopic (exact) mass is 298 g/mol. The van der Waals surface area contributed by atoms with Gasteiger partial charge < -0.3 is 20.1 Å². The maximum absolute atomic E-state index is 12.0. The number of carbonyl (C=O) groups excluding carboxylic acids is 1. The Labute approximate surface area is 123 Å². The molecule has 1 atom stereocenters. The van der Waals surface area contributed by atoms with Crippen molar-refractivity contribution in [3.05, 3.63) is 17.2 Å². The van der Waals surface area contributed by atoms with Crippen LogP contribution in [0.3, 0.4) is 0 Å². The lowest BCUT2D eigenvalue weighted by atomic mass is 10.1. The van der Waals surface area contributed by atoms with Gasteiger partial charge in [0.25, 0.3) is 0 Å². The predicted octanol–water partition coefficient (Wildman–Crippen LogP) is 2.44. The van der Waals surface area contributed by atoms with Crippen molar-refractivity contribution in [3.8, 4) is 11.5 Å². The molecular weight excluding hydrogens is 280 g/mol. The minimum absolute atomic E-state index is 0.0125. The van der Waals surface area contributed by atoms with Crippen LogP contribution >= 0.6 is 11.6 Å². The van der Waals surface area contributed by atoms with Gasteiger partial charge in [-0.15, -0.1) is 0 Å². The summed E-state index contributed by atoms with van der Waals surface area (Å²) in [5.74, 6) is 1.15. The standard InChI is InChI=1S/C14H19ClN2O3/c1-19-12-8-11(13(20-2)7-9(12)15)17-10-5-3-4-6-16-14(10)18/h7-8,10,17H,3-6H2,1-2H3,(H,16,18). The van der Waals surface area contributed by atoms with Gasteiger partial charge in [0, 0.05) is 18.7 Å². The Kier molecular flexibility index (Phi) is 4.95. The van der Waals surface area contributed by atoms with Crippen molar-refractivity contribution >= 4 is 23.2 Å². The molecule has 0 aromatic heterocycles. The van der Waals surface area contributed by atoms with Crippen LogP contribution in [0.5, 0.6) is 11.5 Å². The normalized spacial score (nSPS) is 18.9. The molecule has 0 aliphatic carbocycles. The lowest BCUT2D eigenvalue weighted by molar-refractivity contribution is -0.121. The van der Waals surface area contributed by atoms with Gasteiger partial charge in [0.15, 0.2) is 0 Å². The van der Waals surface area contributed by atoms with Gasteiger partial charge in [-0.25, -0.2) is 0 Å². The predicted molar refractivity (Wildman–Crippen MR) is 78.8 cm³/mol. The van der Waals surface area contributed by atoms with Crippen molar-refractivity contribution in [2.24, 2.45) is 0 Å². The van der Waals surface area contributed by atoms with Crippen LogP contribution in [-0.2, 0) is 4.79 Å². The molecule has 0 bridgehead atoms. The molecule has 1 aliphatic rings. The number of benzene rings is 1. The van der Waals surface area contributed by atoms with Gasteiger partial charge in [-0.05, 0) is 19.3 Å². The molecule has 0 spiro atoms. The number of nitrogens with one attached hydrogen (secondary N) is 2. The van der Waals surface area contributed by atoms with Crippen molar-refractivity contribution in [1.82, 2.24) is 5.32 Å². The van der Waals surface area contributed by atoms with Crippen LogP contribution in [0.15, 0.2) is 12.1 Å². The first kappa shape index (κ1) is 14.8. The van der Waals surface area contributed by atoms with Gasteiger partial charge >= 0.3 is 0 Å². The highest BCUT2D eigenvalue weighted by atomic mass is 35.5. The van der Waals surface area contributed by atoms with E-state index in [2.05, 4.69) is 10.6 Å². The number of anilines is 1. The number of halogens is 1. The Morgan fingerprint density at radius 3 is 2.70 bits per heavy atom. The van der Waals surface area contributed by atoms with E-state index in [0.29, 0.717) is 22.2 Å². The second-order valence-electron chi connectivity index (χ2n) is 4.67. The molecule has 5 nitrogen and oxygen atoms in total. The van der Waals surface area contributed by atoms with Crippen LogP contribution in [0.2, 0.25) is 5.02 Å². The number of amides is 1. The third-order valence-corrected chi connectivity index (χ3v) is 3.63. The molecule has 6 heteroatoms. The summed E-state index contributed by atoms with van der Waals surface area (Å²) in [5.41, 5.74) is 0.704. The van der Waals surface area contributed by atoms with Crippen molar-refractivity contribution in [1.29, 1.82) is 0 Å². The zero-order valence-electron chi connectivity index (χ0n) is 11.7. The second-order valence-corrected chi connectivity index (χ2v) is 5.08. The van der Waals surface area contributed by atoms with Crippen molar-refractivity contribution < 1.29 is 14.3 Å². The van der Waals surface area contributed by atoms with Crippen LogP contribution in [0.4, 0.5) is 5.69 Å². The number of methoxy groups -OCH3 is 2. The van der Waals surface area contributed by atoms with Gasteiger partial charge in [-0.1, -0.05) is 11.6 Å². The topological polar surface area (TPSA) is 59.6 Å². The molecule has 1 saturated heterocycles. The average Bonchev–Trinajstić information content (AvgIpc) is 2.65. The molecule has 1 amide bonds. The molecule has 1 aliphatic heterocycles. The highest BCUT2D eigenvalue weighted by Gasteiger charge is 2.22. The third-order valence-electron chi connectivity index (χ3n) is 3.34. The molecule has 1 aromatic carbocycles. The molecular formula is C14H19ClN2O3. The maximum Gasteiger partial charge on any atom is 0.242 e. The van der Waals surface area contributed by atoms with Crippen LogP contribution in [0.1, 0.15) is 19.3 Å². The molecule has 1 fully saturated rings. The van der Waals surface area contributed by atoms with Crippen molar-refractivity contribution in [2.75, 3.05) is 26.1 Å². The molecule has 2 N–H and O–H groups in total. The summed E-state index contributed by atoms with van der Waals surface area (Å²) in [6.45, 7) is 0.734. The minimum Gasteiger partial charge on any atom is -0.495 e. The molecule has 1 aromatic rings. The Hall–Kier alpha value is -1.62. The summed E-state index contributed by atoms with van der Waals surface area (Å²) in [4.78, 5) is 12.0. The Bertz CT molecular complexity index is 494. The van der Waals surface area contributed by atoms with E-state index in [1.54, 1.807) is 26.4 Å². The highest BCUT2D eigenvalue weighted by Crippen LogP contribution is 2.36. The minimum atomic E-state index is -0.266. The molecule has 1 unspecified atom stereocenters. The number of hydrogen-bond donors (Lipinski definition) is 2. The lowest BCUT2D eigenvalue weighted by Crippen LogP contribution is -2.37. The largest absolute Gasteiger partial charge is 0.495 e. The quantitative estimate of drug-likeness (QED) is 0.896. The van der Waals surface area contributed by atoms with Gasteiger partial charge in [-0.2, -0.15) is 0 Å². The first-order valence-corrected chi connectivity index (χ1v) is 6.99. The van der Waals surface area contributed by atoms with E-state index in [1.165, 1.54) is 0 Å². The molecule has 0 radical (unpaired) electrons. The highest BCUT2D eigenvalue weighted by molar-refractivity contribution is 6.32. The summed E-state index contributed by atoms with van der Waals surface area (Å²) < 4.78 is 10.5. The van der Waals surface area contributed by atoms with Gasteiger partial charge in [0.05, 0.1) is 24.9 Å². The first-order chi connectivity index (χ1) is 9.65. The van der Waals surface area contributed by atoms with Crippen LogP contribution in [-0.4, -0.2) is 32.7 Å². The maximum atomic E-state index is 12.0. The number of carbonyl (C=O) groups is 1. The van der Waals surface area contributed by atoms with E-state index in [1.807, 2.05) is 0 Å². The second kappa shape index (κ2) is 6.70. The van der Waals surface area contributed by atoms with E-state index < -0.39 is 0 Å². The van der Waals surface area contributed by atoms with Crippen LogP contribution in [0, 0.1) is 0 Å². The van der Waals surface area contributed by atoms with E-state index in [0.717, 1.165) is 25.8 Å². The van der Waals surface area contributed by atoms with Crippen LogP contribution < -0.4 is 20.1 Å². The summed E-state index contributed by atoms with van der Waals surface area (Å²) in [7, 11) is 3.12. The SMILES string of the molecule is COc1cc(NC2CCCCNC2=O)c(OC)cc1Cl. The van der Waals surface area contributed by atoms with E-state index in [-0.39, 0.29) is 11.9 Å². The fourth-order valence-corrected chi connectivity index (χ4v) is 2.47. The van der Waals surface area contributed by atoms with E-state index >= 15 is 0 Å². The molecule has 20 heavy (non-hydrogen) atoms. The Morgan fingerprint density at radius 2 is 2.00 bits per heavy atom. The van der Waals surface area contributed by atoms with Crippen LogP contribution in [0.25, 0.3) is 0 Å². The molecule has 1 heterocycles. The fourth-order valence-electron chi connectivity index (χ4n) is 2.24. The summed E-state index contributed by atoms with van der Waals surface area (Å²) in [6.07, 6.45) is 2.80. The Morgan fingerprint density at radius 1 is 1.25 bits per heavy atom. The van der Waals surface area contributed by atoms with Gasteiger partial charge in [0.1, 0.15) is 17.5 Å². The molecule has 2 rings (SSSR count). The summed E-state index contributed by atoms with van der Waals surface area (Å²) in [5, 5.41) is 6.58. The van der Waals surface area contributed by atoms with Crippen molar-refractivity contribution in [2.45, 2.75) is 25.3 Å². The smallest absolute Gasteiger partial charge is 0.242 e. The molecule has 110 valence electrons. The first-order valence-electron chi connectivity index (χ1n) is 6.61. The van der Waals surface area contributed by atoms with Crippen molar-refractivity contribution in [3.63, 3.8) is 0 Å².